The van der Waals surface area contributed by atoms with E-state index in [1.807, 2.05) is 16.8 Å². The van der Waals surface area contributed by atoms with Crippen molar-refractivity contribution < 1.29 is 8.42 Å². The largest absolute Gasteiger partial charge is 0.378 e. The van der Waals surface area contributed by atoms with Gasteiger partial charge in [-0.15, -0.1) is 0 Å². The van der Waals surface area contributed by atoms with E-state index < -0.39 is 9.84 Å². The van der Waals surface area contributed by atoms with E-state index in [1.54, 1.807) is 24.4 Å². The second-order valence-corrected chi connectivity index (χ2v) is 6.65. The first-order valence-electron chi connectivity index (χ1n) is 6.56. The van der Waals surface area contributed by atoms with E-state index in [2.05, 4.69) is 17.3 Å². The molecule has 0 bridgehead atoms. The lowest BCUT2D eigenvalue weighted by Gasteiger charge is -2.11. The summed E-state index contributed by atoms with van der Waals surface area (Å²) in [6.45, 7) is 3.50. The Balaban J connectivity index is 2.17. The molecule has 0 atom stereocenters. The molecule has 2 rings (SSSR count). The molecule has 0 fully saturated rings. The predicted octanol–water partition coefficient (Wildman–Crippen LogP) is 2.31. The summed E-state index contributed by atoms with van der Waals surface area (Å²) in [5.41, 5.74) is 1.66. The van der Waals surface area contributed by atoms with Gasteiger partial charge in [-0.2, -0.15) is 5.10 Å². The Labute approximate surface area is 119 Å². The molecular weight excluding hydrogens is 274 g/mol. The summed E-state index contributed by atoms with van der Waals surface area (Å²) in [5.74, 6) is 0. The van der Waals surface area contributed by atoms with Crippen molar-refractivity contribution in [3.8, 4) is 0 Å². The van der Waals surface area contributed by atoms with Crippen LogP contribution in [-0.4, -0.2) is 24.5 Å². The number of benzene rings is 1. The van der Waals surface area contributed by atoms with Crippen molar-refractivity contribution >= 4 is 15.5 Å². The third-order valence-electron chi connectivity index (χ3n) is 2.99. The maximum absolute atomic E-state index is 11.7. The van der Waals surface area contributed by atoms with Crippen molar-refractivity contribution in [2.45, 2.75) is 31.3 Å². The van der Waals surface area contributed by atoms with E-state index in [4.69, 9.17) is 0 Å². The minimum absolute atomic E-state index is 0.321. The van der Waals surface area contributed by atoms with Gasteiger partial charge in [0.1, 0.15) is 0 Å². The van der Waals surface area contributed by atoms with Crippen LogP contribution in [0.15, 0.2) is 41.4 Å². The Kier molecular flexibility index (Phi) is 4.44. The van der Waals surface area contributed by atoms with Crippen LogP contribution in [0.1, 0.15) is 19.0 Å². The first-order valence-corrected chi connectivity index (χ1v) is 8.45. The van der Waals surface area contributed by atoms with Crippen LogP contribution in [0, 0.1) is 0 Å². The normalized spacial score (nSPS) is 11.5. The molecule has 5 nitrogen and oxygen atoms in total. The van der Waals surface area contributed by atoms with Crippen LogP contribution in [0.25, 0.3) is 0 Å². The second kappa shape index (κ2) is 6.09. The minimum Gasteiger partial charge on any atom is -0.378 e. The summed E-state index contributed by atoms with van der Waals surface area (Å²) < 4.78 is 25.4. The molecule has 0 spiro atoms. The number of para-hydroxylation sites is 1. The summed E-state index contributed by atoms with van der Waals surface area (Å²) in [5, 5.41) is 7.43. The van der Waals surface area contributed by atoms with Gasteiger partial charge in [0.2, 0.25) is 0 Å². The molecule has 1 aromatic carbocycles. The maximum atomic E-state index is 11.7. The highest BCUT2D eigenvalue weighted by Gasteiger charge is 2.12. The summed E-state index contributed by atoms with van der Waals surface area (Å²) in [4.78, 5) is 0.321. The average molecular weight is 293 g/mol. The van der Waals surface area contributed by atoms with Gasteiger partial charge in [0.25, 0.3) is 0 Å². The molecule has 0 radical (unpaired) electrons. The zero-order chi connectivity index (χ0) is 14.6. The lowest BCUT2D eigenvalue weighted by Crippen LogP contribution is -2.10. The Morgan fingerprint density at radius 3 is 2.70 bits per heavy atom. The Hall–Kier alpha value is -1.82. The number of sulfone groups is 1. The lowest BCUT2D eigenvalue weighted by atomic mass is 10.3. The van der Waals surface area contributed by atoms with Crippen LogP contribution in [-0.2, 0) is 22.9 Å². The van der Waals surface area contributed by atoms with Crippen molar-refractivity contribution in [1.82, 2.24) is 9.78 Å². The molecule has 2 aromatic rings. The summed E-state index contributed by atoms with van der Waals surface area (Å²) in [6.07, 6.45) is 3.98. The van der Waals surface area contributed by atoms with Gasteiger partial charge in [0, 0.05) is 19.0 Å². The van der Waals surface area contributed by atoms with Crippen LogP contribution < -0.4 is 5.32 Å². The number of nitrogens with one attached hydrogen (secondary N) is 1. The number of hydrogen-bond donors (Lipinski definition) is 1. The quantitative estimate of drug-likeness (QED) is 0.887. The lowest BCUT2D eigenvalue weighted by molar-refractivity contribution is 0.578. The SMILES string of the molecule is CCCn1nccc1CNc1ccccc1S(C)(=O)=O. The van der Waals surface area contributed by atoms with Crippen molar-refractivity contribution in [3.63, 3.8) is 0 Å². The summed E-state index contributed by atoms with van der Waals surface area (Å²) in [6, 6.07) is 8.87. The van der Waals surface area contributed by atoms with Crippen LogP contribution in [0.3, 0.4) is 0 Å². The van der Waals surface area contributed by atoms with Gasteiger partial charge in [-0.25, -0.2) is 8.42 Å². The number of aryl methyl sites for hydroxylation is 1. The van der Waals surface area contributed by atoms with Crippen molar-refractivity contribution in [1.29, 1.82) is 0 Å². The zero-order valence-corrected chi connectivity index (χ0v) is 12.5. The fourth-order valence-electron chi connectivity index (χ4n) is 2.05. The highest BCUT2D eigenvalue weighted by atomic mass is 32.2. The van der Waals surface area contributed by atoms with Gasteiger partial charge < -0.3 is 5.32 Å². The van der Waals surface area contributed by atoms with E-state index in [-0.39, 0.29) is 0 Å². The Morgan fingerprint density at radius 1 is 1.25 bits per heavy atom. The van der Waals surface area contributed by atoms with E-state index in [0.29, 0.717) is 17.1 Å². The van der Waals surface area contributed by atoms with Crippen LogP contribution in [0.5, 0.6) is 0 Å². The standard InChI is InChI=1S/C14H19N3O2S/c1-3-10-17-12(8-9-16-17)11-15-13-6-4-5-7-14(13)20(2,18)19/h4-9,15H,3,10-11H2,1-2H3. The highest BCUT2D eigenvalue weighted by Crippen LogP contribution is 2.21. The van der Waals surface area contributed by atoms with E-state index in [1.165, 1.54) is 6.26 Å². The first kappa shape index (κ1) is 14.6. The molecule has 1 aromatic heterocycles. The summed E-state index contributed by atoms with van der Waals surface area (Å²) >= 11 is 0. The number of aromatic nitrogens is 2. The van der Waals surface area contributed by atoms with Gasteiger partial charge in [-0.1, -0.05) is 19.1 Å². The van der Waals surface area contributed by atoms with Gasteiger partial charge in [-0.3, -0.25) is 4.68 Å². The third kappa shape index (κ3) is 3.39. The van der Waals surface area contributed by atoms with Crippen LogP contribution >= 0.6 is 0 Å². The van der Waals surface area contributed by atoms with Crippen molar-refractivity contribution in [2.24, 2.45) is 0 Å². The fourth-order valence-corrected chi connectivity index (χ4v) is 2.91. The molecule has 0 aliphatic heterocycles. The summed E-state index contributed by atoms with van der Waals surface area (Å²) in [7, 11) is -3.23. The van der Waals surface area contributed by atoms with Gasteiger partial charge >= 0.3 is 0 Å². The highest BCUT2D eigenvalue weighted by molar-refractivity contribution is 7.90. The minimum atomic E-state index is -3.23. The van der Waals surface area contributed by atoms with Gasteiger partial charge in [0.05, 0.1) is 22.8 Å². The fraction of sp³-hybridized carbons (Fsp3) is 0.357. The topological polar surface area (TPSA) is 64.0 Å². The molecule has 108 valence electrons. The molecule has 1 N–H and O–H groups in total. The molecule has 20 heavy (non-hydrogen) atoms. The number of rotatable bonds is 6. The molecule has 0 unspecified atom stereocenters. The molecule has 0 amide bonds. The molecule has 0 aliphatic rings. The molecule has 1 heterocycles. The van der Waals surface area contributed by atoms with Crippen LogP contribution in [0.2, 0.25) is 0 Å². The second-order valence-electron chi connectivity index (χ2n) is 4.67. The molecule has 0 aliphatic carbocycles. The Morgan fingerprint density at radius 2 is 2.00 bits per heavy atom. The van der Waals surface area contributed by atoms with Crippen LogP contribution in [0.4, 0.5) is 5.69 Å². The monoisotopic (exact) mass is 293 g/mol. The first-order chi connectivity index (χ1) is 9.52. The zero-order valence-electron chi connectivity index (χ0n) is 11.7. The Bertz CT molecular complexity index is 677. The van der Waals surface area contributed by atoms with Crippen molar-refractivity contribution in [2.75, 3.05) is 11.6 Å². The maximum Gasteiger partial charge on any atom is 0.177 e. The molecule has 6 heteroatoms. The van der Waals surface area contributed by atoms with E-state index >= 15 is 0 Å². The molecule has 0 saturated carbocycles. The number of hydrogen-bond acceptors (Lipinski definition) is 4. The molecule has 0 saturated heterocycles. The number of nitrogens with zero attached hydrogens (tertiary/aromatic N) is 2. The number of anilines is 1. The van der Waals surface area contributed by atoms with E-state index in [0.717, 1.165) is 18.7 Å². The van der Waals surface area contributed by atoms with Crippen molar-refractivity contribution in [3.05, 3.63) is 42.2 Å². The smallest absolute Gasteiger partial charge is 0.177 e. The third-order valence-corrected chi connectivity index (χ3v) is 4.14. The average Bonchev–Trinajstić information content (AvgIpc) is 2.83. The predicted molar refractivity (Wildman–Crippen MR) is 79.4 cm³/mol. The van der Waals surface area contributed by atoms with Gasteiger partial charge in [-0.05, 0) is 24.6 Å². The molecular formula is C14H19N3O2S. The van der Waals surface area contributed by atoms with Gasteiger partial charge in [0.15, 0.2) is 9.84 Å². The van der Waals surface area contributed by atoms with E-state index in [9.17, 15) is 8.42 Å².